The summed E-state index contributed by atoms with van der Waals surface area (Å²) in [5.74, 6) is -2.43. The van der Waals surface area contributed by atoms with Crippen LogP contribution in [0.2, 0.25) is 0 Å². The summed E-state index contributed by atoms with van der Waals surface area (Å²) in [6, 6.07) is -3.23. The number of methoxy groups -OCH3 is 2. The van der Waals surface area contributed by atoms with Crippen molar-refractivity contribution in [1.29, 1.82) is 0 Å². The van der Waals surface area contributed by atoms with Crippen molar-refractivity contribution in [3.05, 3.63) is 36.1 Å². The molecule has 0 bridgehead atoms. The number of nitrogens with zero attached hydrogens (tertiary/aromatic N) is 2. The van der Waals surface area contributed by atoms with E-state index < -0.39 is 139 Å². The Balaban J connectivity index is 1.40. The molecule has 96 heavy (non-hydrogen) atoms. The first-order chi connectivity index (χ1) is 45.5. The molecular weight excluding hydrogens is 1270 g/mol. The van der Waals surface area contributed by atoms with Crippen molar-refractivity contribution < 1.29 is 128 Å². The van der Waals surface area contributed by atoms with Gasteiger partial charge >= 0.3 is 48.5 Å². The molecule has 0 aromatic heterocycles. The van der Waals surface area contributed by atoms with Gasteiger partial charge in [0.05, 0.1) is 98.2 Å². The number of hydrogen-bond donors (Lipinski definition) is 5. The molecule has 4 heterocycles. The number of carbonyl (C=O) groups is 10. The van der Waals surface area contributed by atoms with Gasteiger partial charge < -0.3 is 101 Å². The van der Waals surface area contributed by atoms with E-state index >= 15 is 0 Å². The lowest BCUT2D eigenvalue weighted by molar-refractivity contribution is -0.171. The first-order valence-electron chi connectivity index (χ1n) is 31.1. The highest BCUT2D eigenvalue weighted by Gasteiger charge is 2.51. The third-order valence-electron chi connectivity index (χ3n) is 13.7. The minimum absolute atomic E-state index is 0.0146. The van der Waals surface area contributed by atoms with E-state index in [2.05, 4.69) is 44.1 Å². The van der Waals surface area contributed by atoms with Crippen LogP contribution in [-0.2, 0) is 104 Å². The maximum atomic E-state index is 13.7. The smallest absolute Gasteiger partial charge is 0.479 e. The monoisotopic (exact) mass is 1370 g/mol. The molecule has 10 atom stereocenters. The maximum Gasteiger partial charge on any atom is 0.508 e. The number of amides is 5. The normalized spacial score (nSPS) is 21.3. The number of alkyl carbamates (subject to hydrolysis) is 3. The number of unbranched alkanes of at least 4 members (excludes halogenated alkanes) is 2. The fourth-order valence-corrected chi connectivity index (χ4v) is 9.47. The van der Waals surface area contributed by atoms with Crippen LogP contribution in [0.1, 0.15) is 94.4 Å². The molecule has 2 fully saturated rings. The molecule has 2 unspecified atom stereocenters. The zero-order chi connectivity index (χ0) is 71.0. The molecule has 0 aromatic rings. The Morgan fingerprint density at radius 1 is 0.656 bits per heavy atom. The number of nitrogens with one attached hydrogen (secondary N) is 5. The summed E-state index contributed by atoms with van der Waals surface area (Å²) in [6.45, 7) is 19.5. The molecule has 5 N–H and O–H groups in total. The first kappa shape index (κ1) is 79.8. The van der Waals surface area contributed by atoms with E-state index in [1.165, 1.54) is 26.0 Å². The quantitative estimate of drug-likeness (QED) is 0.0148. The molecule has 34 heteroatoms. The summed E-state index contributed by atoms with van der Waals surface area (Å²) >= 11 is 0. The maximum absolute atomic E-state index is 13.7. The van der Waals surface area contributed by atoms with Gasteiger partial charge in [-0.3, -0.25) is 30.0 Å². The number of hydrogen-bond acceptors (Lipinski definition) is 29. The summed E-state index contributed by atoms with van der Waals surface area (Å²) in [5, 5.41) is 13.1. The Morgan fingerprint density at radius 2 is 1.20 bits per heavy atom. The van der Waals surface area contributed by atoms with E-state index in [0.29, 0.717) is 39.3 Å². The molecule has 0 aliphatic carbocycles. The van der Waals surface area contributed by atoms with E-state index in [4.69, 9.17) is 87.0 Å². The third-order valence-corrected chi connectivity index (χ3v) is 13.7. The minimum atomic E-state index is -1.59. The van der Waals surface area contributed by atoms with Gasteiger partial charge in [-0.25, -0.2) is 33.6 Å². The van der Waals surface area contributed by atoms with Crippen molar-refractivity contribution in [2.75, 3.05) is 113 Å². The van der Waals surface area contributed by atoms with Gasteiger partial charge in [0.1, 0.15) is 48.8 Å². The predicted octanol–water partition coefficient (Wildman–Crippen LogP) is 2.88. The van der Waals surface area contributed by atoms with Crippen LogP contribution in [0, 0.1) is 18.3 Å². The van der Waals surface area contributed by atoms with Crippen LogP contribution in [0.5, 0.6) is 0 Å². The number of ether oxygens (including phenoxy) is 17. The molecule has 34 nitrogen and oxygen atoms in total. The van der Waals surface area contributed by atoms with Gasteiger partial charge in [0.25, 0.3) is 0 Å². The van der Waals surface area contributed by atoms with Crippen LogP contribution in [0.25, 0.3) is 0 Å². The van der Waals surface area contributed by atoms with Crippen LogP contribution in [0.3, 0.4) is 0 Å². The number of cyclic esters (lactones) is 4. The van der Waals surface area contributed by atoms with Gasteiger partial charge in [0.15, 0.2) is 30.5 Å². The van der Waals surface area contributed by atoms with Gasteiger partial charge in [-0.05, 0) is 73.5 Å². The summed E-state index contributed by atoms with van der Waals surface area (Å²) in [4.78, 5) is 136. The van der Waals surface area contributed by atoms with Crippen LogP contribution in [-0.4, -0.2) is 250 Å². The van der Waals surface area contributed by atoms with Gasteiger partial charge in [0, 0.05) is 38.9 Å². The lowest BCUT2D eigenvalue weighted by Gasteiger charge is -2.41. The highest BCUT2D eigenvalue weighted by Crippen LogP contribution is 2.34. The second kappa shape index (κ2) is 40.7. The molecular formula is C62H93N7O27. The van der Waals surface area contributed by atoms with E-state index in [1.807, 2.05) is 0 Å². The highest BCUT2D eigenvalue weighted by molar-refractivity contribution is 5.94. The van der Waals surface area contributed by atoms with Gasteiger partial charge in [-0.2, -0.15) is 0 Å². The largest absolute Gasteiger partial charge is 0.508 e. The summed E-state index contributed by atoms with van der Waals surface area (Å²) in [7, 11) is 2.23. The van der Waals surface area contributed by atoms with Crippen LogP contribution in [0.4, 0.5) is 24.0 Å². The number of terminal acetylenes is 1. The highest BCUT2D eigenvalue weighted by atomic mass is 16.8. The van der Waals surface area contributed by atoms with E-state index in [0.717, 1.165) is 14.2 Å². The first-order valence-corrected chi connectivity index (χ1v) is 31.1. The van der Waals surface area contributed by atoms with Crippen LogP contribution >= 0.6 is 0 Å². The second-order valence-corrected chi connectivity index (χ2v) is 23.7. The van der Waals surface area contributed by atoms with E-state index in [9.17, 15) is 47.9 Å². The number of rotatable bonds is 38. The van der Waals surface area contributed by atoms with Crippen molar-refractivity contribution in [2.24, 2.45) is 10.9 Å². The molecule has 4 rings (SSSR count). The van der Waals surface area contributed by atoms with E-state index in [-0.39, 0.29) is 108 Å². The fraction of sp³-hybridized carbons (Fsp3) is 0.694. The Morgan fingerprint density at radius 3 is 1.75 bits per heavy atom. The summed E-state index contributed by atoms with van der Waals surface area (Å²) in [5.41, 5.74) is -1.69. The number of amidine groups is 1. The summed E-state index contributed by atoms with van der Waals surface area (Å²) < 4.78 is 92.8. The predicted molar refractivity (Wildman–Crippen MR) is 332 cm³/mol. The van der Waals surface area contributed by atoms with Crippen LogP contribution < -0.4 is 26.6 Å². The van der Waals surface area contributed by atoms with Crippen molar-refractivity contribution in [2.45, 2.75) is 160 Å². The topological polar surface area (TPSA) is 403 Å². The van der Waals surface area contributed by atoms with Crippen molar-refractivity contribution >= 4 is 66.1 Å². The second-order valence-electron chi connectivity index (χ2n) is 23.7. The summed E-state index contributed by atoms with van der Waals surface area (Å²) in [6.07, 6.45) is -4.16. The third kappa shape index (κ3) is 29.6. The fourth-order valence-electron chi connectivity index (χ4n) is 9.47. The zero-order valence-corrected chi connectivity index (χ0v) is 56.3. The molecule has 4 aliphatic rings. The Labute approximate surface area is 557 Å². The van der Waals surface area contributed by atoms with Gasteiger partial charge in [-0.15, -0.1) is 6.42 Å². The van der Waals surface area contributed by atoms with Crippen molar-refractivity contribution in [3.63, 3.8) is 0 Å². The molecule has 538 valence electrons. The minimum Gasteiger partial charge on any atom is -0.479 e. The number of esters is 3. The average Bonchev–Trinajstić information content (AvgIpc) is 1.17. The molecule has 0 aromatic carbocycles. The average molecular weight is 1370 g/mol. The van der Waals surface area contributed by atoms with Crippen molar-refractivity contribution in [3.8, 4) is 12.3 Å². The van der Waals surface area contributed by atoms with Crippen LogP contribution in [0.15, 0.2) is 41.1 Å². The van der Waals surface area contributed by atoms with Gasteiger partial charge in [0.2, 0.25) is 23.3 Å². The molecule has 5 amide bonds. The molecule has 0 spiro atoms. The SMILES string of the molecule is C#CCOCCOCCOCCOCCC(=O)N(CCCCCC(=O)O[C@H](C1COC(=O)O1)[C@@H]1OC(C(=O)OC)=C[C@H](N=C(C)NC(=O)OC(C)(C)C)[C@H]1C)CCOCCNC(=O)O[C@H](C1COC(=O)O1)[C@@H]1OC(C(=O)OC)=C[C@H](NC(=C)NC(=O)OC(C)(C)C)[C@H]1NC(C)=O. The number of aliphatic imine (C=N–C) groups is 1. The Hall–Kier alpha value is -8.65. The number of carbonyl (C=O) groups excluding carboxylic acids is 10. The zero-order valence-electron chi connectivity index (χ0n) is 56.3. The Kier molecular flexibility index (Phi) is 33.8. The van der Waals surface area contributed by atoms with E-state index in [1.54, 1.807) is 53.4 Å². The standard InChI is InChI=1S/C62H93N7O27/c1-14-23-82-27-29-85-31-32-86-30-28-83-24-19-47(71)69(21-17-15-16-18-48(72)93-51(45-35-87-59(78)91-45)50-37(2)41(33-43(89-50)54(73)80-12)64-38(3)66-57(76)95-61(6,7)8)22-26-84-25-20-63-56(75)94-52(46-36-88-60(79)92-46)53-49(68-40(5)70)42(34-44(90-53)55(74)81-13)65-39(4)67-58(77)96-62(9,10)11/h1,33-34,37,41-42,45-46,49-53,65H,4,15-32,35-36H2,2-3,5-13H3,(H,63,75)(H,67,77)(H,68,70)(H,64,66,76)/t37-,41+,42+,45?,46?,49-,50-,51-,52-,53-/m1/s1. The molecule has 0 saturated carbocycles. The lowest BCUT2D eigenvalue weighted by Crippen LogP contribution is -2.64. The molecule has 4 aliphatic heterocycles. The lowest BCUT2D eigenvalue weighted by atomic mass is 9.87. The Bertz CT molecular complexity index is 2780. The van der Waals surface area contributed by atoms with Crippen molar-refractivity contribution in [1.82, 2.24) is 31.5 Å². The molecule has 2 saturated heterocycles. The molecule has 0 radical (unpaired) electrons. The van der Waals surface area contributed by atoms with Gasteiger partial charge in [-0.1, -0.05) is 25.8 Å².